The first-order valence-electron chi connectivity index (χ1n) is 4.72. The van der Waals surface area contributed by atoms with Gasteiger partial charge in [0.1, 0.15) is 12.4 Å². The number of hydrogen-bond donors (Lipinski definition) is 1. The number of rotatable bonds is 4. The number of ether oxygens (including phenoxy) is 1. The van der Waals surface area contributed by atoms with E-state index in [4.69, 9.17) is 4.74 Å². The Kier molecular flexibility index (Phi) is 2.50. The van der Waals surface area contributed by atoms with Crippen molar-refractivity contribution in [2.75, 3.05) is 6.61 Å². The molecule has 0 saturated heterocycles. The minimum absolute atomic E-state index is 0.278. The Morgan fingerprint density at radius 3 is 2.62 bits per heavy atom. The van der Waals surface area contributed by atoms with E-state index >= 15 is 0 Å². The number of aliphatic hydroxyl groups excluding tert-OH is 1. The Bertz CT molecular complexity index is 254. The van der Waals surface area contributed by atoms with E-state index in [9.17, 15) is 5.11 Å². The van der Waals surface area contributed by atoms with E-state index in [0.717, 1.165) is 18.6 Å². The molecule has 70 valence electrons. The van der Waals surface area contributed by atoms with Crippen LogP contribution in [0, 0.1) is 5.92 Å². The lowest BCUT2D eigenvalue weighted by molar-refractivity contribution is 0.0894. The van der Waals surface area contributed by atoms with Crippen LogP contribution >= 0.6 is 0 Å². The second-order valence-electron chi connectivity index (χ2n) is 3.53. The standard InChI is InChI=1S/C11H14O2/c12-11(9-6-7-9)8-13-10-4-2-1-3-5-10/h1-5,9,11-12H,6-8H2. The zero-order valence-electron chi connectivity index (χ0n) is 7.52. The van der Waals surface area contributed by atoms with Gasteiger partial charge in [0.15, 0.2) is 0 Å². The zero-order valence-corrected chi connectivity index (χ0v) is 7.52. The molecule has 0 radical (unpaired) electrons. The fraction of sp³-hybridized carbons (Fsp3) is 0.455. The molecule has 2 rings (SSSR count). The second-order valence-corrected chi connectivity index (χ2v) is 3.53. The molecule has 1 aliphatic rings. The number of hydrogen-bond acceptors (Lipinski definition) is 2. The van der Waals surface area contributed by atoms with Crippen molar-refractivity contribution in [3.8, 4) is 5.75 Å². The maximum absolute atomic E-state index is 9.53. The van der Waals surface area contributed by atoms with Crippen LogP contribution in [0.5, 0.6) is 5.75 Å². The molecule has 2 nitrogen and oxygen atoms in total. The first-order valence-corrected chi connectivity index (χ1v) is 4.72. The molecular weight excluding hydrogens is 164 g/mol. The summed E-state index contributed by atoms with van der Waals surface area (Å²) < 4.78 is 5.42. The van der Waals surface area contributed by atoms with Crippen LogP contribution in [0.1, 0.15) is 12.8 Å². The van der Waals surface area contributed by atoms with Crippen molar-refractivity contribution in [1.29, 1.82) is 0 Å². The number of para-hydroxylation sites is 1. The van der Waals surface area contributed by atoms with E-state index in [1.165, 1.54) is 0 Å². The van der Waals surface area contributed by atoms with Gasteiger partial charge in [-0.05, 0) is 30.9 Å². The third-order valence-corrected chi connectivity index (χ3v) is 2.33. The zero-order chi connectivity index (χ0) is 9.10. The van der Waals surface area contributed by atoms with Gasteiger partial charge >= 0.3 is 0 Å². The van der Waals surface area contributed by atoms with Crippen molar-refractivity contribution >= 4 is 0 Å². The maximum atomic E-state index is 9.53. The van der Waals surface area contributed by atoms with Gasteiger partial charge in [-0.25, -0.2) is 0 Å². The Balaban J connectivity index is 1.78. The van der Waals surface area contributed by atoms with Crippen LogP contribution in [0.3, 0.4) is 0 Å². The third kappa shape index (κ3) is 2.46. The molecule has 13 heavy (non-hydrogen) atoms. The SMILES string of the molecule is OC(COc1ccccc1)C1CC1. The summed E-state index contributed by atoms with van der Waals surface area (Å²) in [7, 11) is 0. The van der Waals surface area contributed by atoms with Crippen LogP contribution in [-0.2, 0) is 0 Å². The van der Waals surface area contributed by atoms with Gasteiger partial charge in [0.25, 0.3) is 0 Å². The van der Waals surface area contributed by atoms with Crippen molar-refractivity contribution in [2.45, 2.75) is 18.9 Å². The summed E-state index contributed by atoms with van der Waals surface area (Å²) in [6.45, 7) is 0.425. The van der Waals surface area contributed by atoms with Gasteiger partial charge in [-0.15, -0.1) is 0 Å². The van der Waals surface area contributed by atoms with E-state index in [1.54, 1.807) is 0 Å². The minimum atomic E-state index is -0.278. The fourth-order valence-corrected chi connectivity index (χ4v) is 1.32. The van der Waals surface area contributed by atoms with Gasteiger partial charge in [-0.3, -0.25) is 0 Å². The maximum Gasteiger partial charge on any atom is 0.119 e. The van der Waals surface area contributed by atoms with E-state index in [0.29, 0.717) is 12.5 Å². The smallest absolute Gasteiger partial charge is 0.119 e. The molecule has 0 bridgehead atoms. The molecule has 1 fully saturated rings. The van der Waals surface area contributed by atoms with Crippen LogP contribution < -0.4 is 4.74 Å². The van der Waals surface area contributed by atoms with Gasteiger partial charge in [-0.1, -0.05) is 18.2 Å². The molecule has 1 N–H and O–H groups in total. The topological polar surface area (TPSA) is 29.5 Å². The molecule has 1 saturated carbocycles. The Morgan fingerprint density at radius 1 is 1.31 bits per heavy atom. The number of aliphatic hydroxyl groups is 1. The Hall–Kier alpha value is -1.02. The van der Waals surface area contributed by atoms with Gasteiger partial charge < -0.3 is 9.84 Å². The van der Waals surface area contributed by atoms with Crippen molar-refractivity contribution in [2.24, 2.45) is 5.92 Å². The molecule has 0 aliphatic heterocycles. The van der Waals surface area contributed by atoms with Crippen molar-refractivity contribution in [1.82, 2.24) is 0 Å². The van der Waals surface area contributed by atoms with E-state index in [-0.39, 0.29) is 6.10 Å². The molecule has 0 spiro atoms. The minimum Gasteiger partial charge on any atom is -0.491 e. The lowest BCUT2D eigenvalue weighted by Gasteiger charge is -2.10. The van der Waals surface area contributed by atoms with E-state index in [2.05, 4.69) is 0 Å². The van der Waals surface area contributed by atoms with Gasteiger partial charge in [0.2, 0.25) is 0 Å². The van der Waals surface area contributed by atoms with Crippen LogP contribution in [0.4, 0.5) is 0 Å². The normalized spacial score (nSPS) is 18.2. The number of benzene rings is 1. The van der Waals surface area contributed by atoms with Crippen molar-refractivity contribution in [3.63, 3.8) is 0 Å². The highest BCUT2D eigenvalue weighted by Crippen LogP contribution is 2.32. The highest BCUT2D eigenvalue weighted by atomic mass is 16.5. The summed E-state index contributed by atoms with van der Waals surface area (Å²) in [5.74, 6) is 1.32. The van der Waals surface area contributed by atoms with Crippen molar-refractivity contribution < 1.29 is 9.84 Å². The molecule has 1 aromatic carbocycles. The Labute approximate surface area is 78.2 Å². The fourth-order valence-electron chi connectivity index (χ4n) is 1.32. The predicted octanol–water partition coefficient (Wildman–Crippen LogP) is 1.84. The van der Waals surface area contributed by atoms with Gasteiger partial charge in [0.05, 0.1) is 6.10 Å². The van der Waals surface area contributed by atoms with Crippen LogP contribution in [0.15, 0.2) is 30.3 Å². The summed E-state index contributed by atoms with van der Waals surface area (Å²) in [5, 5.41) is 9.53. The molecule has 0 amide bonds. The molecule has 2 heteroatoms. The first-order chi connectivity index (χ1) is 6.36. The molecule has 0 heterocycles. The lowest BCUT2D eigenvalue weighted by atomic mass is 10.2. The molecule has 1 aromatic rings. The molecule has 1 unspecified atom stereocenters. The first kappa shape index (κ1) is 8.57. The molecular formula is C11H14O2. The van der Waals surface area contributed by atoms with Crippen LogP contribution in [0.25, 0.3) is 0 Å². The van der Waals surface area contributed by atoms with Crippen LogP contribution in [-0.4, -0.2) is 17.8 Å². The summed E-state index contributed by atoms with van der Waals surface area (Å²) in [6.07, 6.45) is 2.03. The average Bonchev–Trinajstić information content (AvgIpc) is 2.99. The quantitative estimate of drug-likeness (QED) is 0.762. The molecule has 1 atom stereocenters. The van der Waals surface area contributed by atoms with Crippen molar-refractivity contribution in [3.05, 3.63) is 30.3 Å². The summed E-state index contributed by atoms with van der Waals surface area (Å²) in [6, 6.07) is 9.61. The molecule has 0 aromatic heterocycles. The predicted molar refractivity (Wildman–Crippen MR) is 50.7 cm³/mol. The van der Waals surface area contributed by atoms with E-state index in [1.807, 2.05) is 30.3 Å². The Morgan fingerprint density at radius 2 is 2.00 bits per heavy atom. The average molecular weight is 178 g/mol. The van der Waals surface area contributed by atoms with Gasteiger partial charge in [-0.2, -0.15) is 0 Å². The van der Waals surface area contributed by atoms with E-state index < -0.39 is 0 Å². The lowest BCUT2D eigenvalue weighted by Crippen LogP contribution is -2.19. The monoisotopic (exact) mass is 178 g/mol. The largest absolute Gasteiger partial charge is 0.491 e. The van der Waals surface area contributed by atoms with Gasteiger partial charge in [0, 0.05) is 0 Å². The highest BCUT2D eigenvalue weighted by molar-refractivity contribution is 5.20. The highest BCUT2D eigenvalue weighted by Gasteiger charge is 2.29. The molecule has 1 aliphatic carbocycles. The summed E-state index contributed by atoms with van der Waals surface area (Å²) in [4.78, 5) is 0. The third-order valence-electron chi connectivity index (χ3n) is 2.33. The second kappa shape index (κ2) is 3.79. The summed E-state index contributed by atoms with van der Waals surface area (Å²) >= 11 is 0. The summed E-state index contributed by atoms with van der Waals surface area (Å²) in [5.41, 5.74) is 0. The van der Waals surface area contributed by atoms with Crippen LogP contribution in [0.2, 0.25) is 0 Å².